The van der Waals surface area contributed by atoms with Crippen molar-refractivity contribution in [2.24, 2.45) is 0 Å². The summed E-state index contributed by atoms with van der Waals surface area (Å²) < 4.78 is 12.0. The number of carbonyl (C=O) groups is 3. The Kier molecular flexibility index (Phi) is 7.68. The van der Waals surface area contributed by atoms with Gasteiger partial charge in [0.1, 0.15) is 9.88 Å². The molecule has 1 aromatic carbocycles. The van der Waals surface area contributed by atoms with Crippen molar-refractivity contribution in [1.82, 2.24) is 14.8 Å². The Morgan fingerprint density at radius 3 is 2.54 bits per heavy atom. The van der Waals surface area contributed by atoms with Crippen LogP contribution >= 0.6 is 11.3 Å². The first-order valence-electron chi connectivity index (χ1n) is 11.9. The topological polar surface area (TPSA) is 112 Å². The van der Waals surface area contributed by atoms with Gasteiger partial charge in [-0.1, -0.05) is 25.1 Å². The predicted octanol–water partition coefficient (Wildman–Crippen LogP) is 5.40. The van der Waals surface area contributed by atoms with Gasteiger partial charge in [0.25, 0.3) is 5.91 Å². The van der Waals surface area contributed by atoms with Crippen LogP contribution in [0.3, 0.4) is 0 Å². The van der Waals surface area contributed by atoms with Crippen molar-refractivity contribution in [3.63, 3.8) is 0 Å². The van der Waals surface area contributed by atoms with Crippen LogP contribution in [0.2, 0.25) is 0 Å². The molecule has 4 aromatic rings. The Balaban J connectivity index is 1.80. The monoisotopic (exact) mass is 520 g/mol. The smallest absolute Gasteiger partial charge is 0.348 e. The number of fused-ring (bicyclic) bond motifs is 1. The molecule has 1 N–H and O–H groups in total. The summed E-state index contributed by atoms with van der Waals surface area (Å²) in [4.78, 5) is 43.9. The van der Waals surface area contributed by atoms with Crippen molar-refractivity contribution >= 4 is 45.1 Å². The van der Waals surface area contributed by atoms with Crippen LogP contribution in [0, 0.1) is 13.8 Å². The summed E-state index contributed by atoms with van der Waals surface area (Å²) in [6.45, 7) is 8.34. The fourth-order valence-electron chi connectivity index (χ4n) is 4.00. The van der Waals surface area contributed by atoms with Gasteiger partial charge in [0.2, 0.25) is 0 Å². The van der Waals surface area contributed by atoms with Crippen LogP contribution in [-0.4, -0.2) is 46.3 Å². The number of thiophene rings is 1. The molecule has 0 atom stereocenters. The van der Waals surface area contributed by atoms with E-state index in [0.29, 0.717) is 40.7 Å². The summed E-state index contributed by atoms with van der Waals surface area (Å²) in [7, 11) is 1.27. The standard InChI is InChI=1S/C27H28N4O5S/c1-6-12-36-26(33)22-15(3)23(27(34)35-5)37-25(22)29-24(32)18-13-21(19-14-31(7-2)30-16(19)4)28-20-11-9-8-10-17(18)20/h8-11,13-14H,6-7,12H2,1-5H3,(H,29,32). The normalized spacial score (nSPS) is 10.9. The molecule has 0 saturated heterocycles. The lowest BCUT2D eigenvalue weighted by Gasteiger charge is -2.11. The molecule has 9 nitrogen and oxygen atoms in total. The van der Waals surface area contributed by atoms with Gasteiger partial charge in [-0.3, -0.25) is 9.48 Å². The van der Waals surface area contributed by atoms with Crippen molar-refractivity contribution in [3.05, 3.63) is 63.8 Å². The average molecular weight is 521 g/mol. The molecule has 0 unspecified atom stereocenters. The van der Waals surface area contributed by atoms with Crippen LogP contribution in [0.15, 0.2) is 36.5 Å². The molecule has 4 rings (SSSR count). The summed E-state index contributed by atoms with van der Waals surface area (Å²) in [5.41, 5.74) is 3.80. The summed E-state index contributed by atoms with van der Waals surface area (Å²) in [6, 6.07) is 9.07. The second-order valence-corrected chi connectivity index (χ2v) is 9.42. The molecule has 3 heterocycles. The summed E-state index contributed by atoms with van der Waals surface area (Å²) in [6.07, 6.45) is 2.54. The van der Waals surface area contributed by atoms with E-state index in [1.165, 1.54) is 7.11 Å². The minimum atomic E-state index is -0.607. The Morgan fingerprint density at radius 1 is 1.11 bits per heavy atom. The lowest BCUT2D eigenvalue weighted by atomic mass is 10.0. The van der Waals surface area contributed by atoms with E-state index < -0.39 is 17.8 Å². The number of benzene rings is 1. The van der Waals surface area contributed by atoms with Gasteiger partial charge < -0.3 is 14.8 Å². The van der Waals surface area contributed by atoms with E-state index in [1.807, 2.05) is 55.9 Å². The van der Waals surface area contributed by atoms with Gasteiger partial charge in [-0.25, -0.2) is 14.6 Å². The molecule has 0 bridgehead atoms. The van der Waals surface area contributed by atoms with Crippen molar-refractivity contribution in [2.75, 3.05) is 19.0 Å². The molecular weight excluding hydrogens is 492 g/mol. The number of methoxy groups -OCH3 is 1. The molecule has 0 fully saturated rings. The number of esters is 2. The number of para-hydroxylation sites is 1. The fourth-order valence-corrected chi connectivity index (χ4v) is 5.11. The predicted molar refractivity (Wildman–Crippen MR) is 142 cm³/mol. The van der Waals surface area contributed by atoms with E-state index in [9.17, 15) is 14.4 Å². The third-order valence-corrected chi connectivity index (χ3v) is 7.08. The number of ether oxygens (including phenoxy) is 2. The molecule has 0 aliphatic carbocycles. The van der Waals surface area contributed by atoms with Crippen LogP contribution < -0.4 is 5.32 Å². The molecule has 0 saturated carbocycles. The van der Waals surface area contributed by atoms with Gasteiger partial charge in [0, 0.05) is 23.7 Å². The first-order valence-corrected chi connectivity index (χ1v) is 12.7. The van der Waals surface area contributed by atoms with Gasteiger partial charge in [-0.05, 0) is 44.9 Å². The van der Waals surface area contributed by atoms with Gasteiger partial charge >= 0.3 is 11.9 Å². The minimum Gasteiger partial charge on any atom is -0.465 e. The molecule has 0 aliphatic rings. The maximum absolute atomic E-state index is 13.7. The Labute approximate surface area is 218 Å². The van der Waals surface area contributed by atoms with Crippen LogP contribution in [-0.2, 0) is 16.0 Å². The fraction of sp³-hybridized carbons (Fsp3) is 0.296. The zero-order valence-corrected chi connectivity index (χ0v) is 22.2. The van der Waals surface area contributed by atoms with Crippen LogP contribution in [0.1, 0.15) is 61.9 Å². The van der Waals surface area contributed by atoms with Crippen LogP contribution in [0.5, 0.6) is 0 Å². The van der Waals surface area contributed by atoms with Crippen molar-refractivity contribution in [3.8, 4) is 11.3 Å². The number of carbonyl (C=O) groups excluding carboxylic acids is 3. The molecule has 10 heteroatoms. The quantitative estimate of drug-likeness (QED) is 0.309. The molecule has 3 aromatic heterocycles. The maximum Gasteiger partial charge on any atom is 0.348 e. The van der Waals surface area contributed by atoms with E-state index in [0.717, 1.165) is 22.6 Å². The Morgan fingerprint density at radius 2 is 1.86 bits per heavy atom. The van der Waals surface area contributed by atoms with E-state index in [-0.39, 0.29) is 22.0 Å². The van der Waals surface area contributed by atoms with Crippen molar-refractivity contribution in [1.29, 1.82) is 0 Å². The lowest BCUT2D eigenvalue weighted by molar-refractivity contribution is 0.0506. The van der Waals surface area contributed by atoms with E-state index >= 15 is 0 Å². The summed E-state index contributed by atoms with van der Waals surface area (Å²) in [5.74, 6) is -1.64. The zero-order chi connectivity index (χ0) is 26.7. The van der Waals surface area contributed by atoms with Crippen LogP contribution in [0.4, 0.5) is 5.00 Å². The molecule has 37 heavy (non-hydrogen) atoms. The first-order chi connectivity index (χ1) is 17.8. The number of anilines is 1. The Bertz CT molecular complexity index is 1500. The number of nitrogens with zero attached hydrogens (tertiary/aromatic N) is 3. The zero-order valence-electron chi connectivity index (χ0n) is 21.4. The van der Waals surface area contributed by atoms with Gasteiger partial charge in [0.15, 0.2) is 0 Å². The molecule has 0 spiro atoms. The summed E-state index contributed by atoms with van der Waals surface area (Å²) >= 11 is 0.982. The van der Waals surface area contributed by atoms with Crippen LogP contribution in [0.25, 0.3) is 22.2 Å². The Hall–Kier alpha value is -4.05. The summed E-state index contributed by atoms with van der Waals surface area (Å²) in [5, 5.41) is 8.23. The second-order valence-electron chi connectivity index (χ2n) is 8.40. The molecule has 192 valence electrons. The number of hydrogen-bond donors (Lipinski definition) is 1. The first kappa shape index (κ1) is 26.0. The number of hydrogen-bond acceptors (Lipinski definition) is 8. The maximum atomic E-state index is 13.7. The van der Waals surface area contributed by atoms with Crippen molar-refractivity contribution < 1.29 is 23.9 Å². The number of nitrogens with one attached hydrogen (secondary N) is 1. The number of aryl methyl sites for hydroxylation is 2. The number of pyridine rings is 1. The largest absolute Gasteiger partial charge is 0.465 e. The van der Waals surface area contributed by atoms with E-state index in [4.69, 9.17) is 14.5 Å². The van der Waals surface area contributed by atoms with Gasteiger partial charge in [-0.15, -0.1) is 11.3 Å². The molecular formula is C27H28N4O5S. The molecule has 0 radical (unpaired) electrons. The highest BCUT2D eigenvalue weighted by Crippen LogP contribution is 2.35. The number of aromatic nitrogens is 3. The minimum absolute atomic E-state index is 0.144. The third kappa shape index (κ3) is 5.10. The highest BCUT2D eigenvalue weighted by molar-refractivity contribution is 7.18. The van der Waals surface area contributed by atoms with E-state index in [1.54, 1.807) is 13.0 Å². The number of rotatable bonds is 8. The highest BCUT2D eigenvalue weighted by atomic mass is 32.1. The average Bonchev–Trinajstić information content (AvgIpc) is 3.44. The number of amides is 1. The SMILES string of the molecule is CCCOC(=O)c1c(NC(=O)c2cc(-c3cn(CC)nc3C)nc3ccccc23)sc(C(=O)OC)c1C. The van der Waals surface area contributed by atoms with Gasteiger partial charge in [-0.2, -0.15) is 5.10 Å². The third-order valence-electron chi connectivity index (χ3n) is 5.89. The second kappa shape index (κ2) is 10.9. The van der Waals surface area contributed by atoms with Crippen molar-refractivity contribution in [2.45, 2.75) is 40.7 Å². The van der Waals surface area contributed by atoms with E-state index in [2.05, 4.69) is 10.4 Å². The molecule has 0 aliphatic heterocycles. The highest BCUT2D eigenvalue weighted by Gasteiger charge is 2.28. The van der Waals surface area contributed by atoms with Gasteiger partial charge in [0.05, 0.1) is 41.7 Å². The molecule has 1 amide bonds. The lowest BCUT2D eigenvalue weighted by Crippen LogP contribution is -2.16.